The van der Waals surface area contributed by atoms with E-state index in [1.165, 1.54) is 13.8 Å². The molecule has 0 saturated carbocycles. The molecule has 1 amide bonds. The van der Waals surface area contributed by atoms with Crippen molar-refractivity contribution < 1.29 is 554 Å². The number of esters is 4. The van der Waals surface area contributed by atoms with Gasteiger partial charge in [-0.1, -0.05) is 202 Å². The van der Waals surface area contributed by atoms with Gasteiger partial charge in [-0.05, 0) is 47.3 Å². The maximum absolute atomic E-state index is 12.4. The fourth-order valence-corrected chi connectivity index (χ4v) is 7.31. The van der Waals surface area contributed by atoms with E-state index in [0.717, 1.165) is 0 Å². The first-order valence-electron chi connectivity index (χ1n) is 17.0. The molecule has 0 aliphatic carbocycles. The van der Waals surface area contributed by atoms with Gasteiger partial charge in [-0.3, -0.25) is 38.4 Å². The van der Waals surface area contributed by atoms with Crippen molar-refractivity contribution in [3.8, 4) is 0 Å². The molecule has 0 aromatic rings. The van der Waals surface area contributed by atoms with Crippen LogP contribution in [-0.2, 0) is 543 Å². The first-order valence-corrected chi connectivity index (χ1v) is 17.0. The van der Waals surface area contributed by atoms with Crippen LogP contribution in [0.4, 0.5) is 0 Å². The first-order chi connectivity index (χ1) is 22.9. The Morgan fingerprint density at radius 2 is 0.646 bits per heavy atom. The van der Waals surface area contributed by atoms with Crippen LogP contribution in [-0.4, -0.2) is 57.9 Å². The second-order valence-corrected chi connectivity index (χ2v) is 17.9. The number of rotatable bonds is 14. The predicted octanol–water partition coefficient (Wildman–Crippen LogP) is 14.0. The summed E-state index contributed by atoms with van der Waals surface area (Å²) in [5, 5.41) is 18.6. The normalized spacial score (nSPS) is 14.7. The van der Waals surface area contributed by atoms with Crippen molar-refractivity contribution in [1.82, 2.24) is 0 Å². The molecule has 82 heavy (non-hydrogen) atoms. The molecule has 2 heterocycles. The molecule has 8 unspecified atom stereocenters. The van der Waals surface area contributed by atoms with Crippen molar-refractivity contribution in [2.75, 3.05) is 0 Å². The number of amides is 1. The third kappa shape index (κ3) is 73.9. The molecule has 0 spiro atoms. The SMILES string of the molecule is C.C.C.C.C.C.C.C.C.C.C.C.C.C.C.C.CC(C(=O)O)C(CC(C)(C)C1C(=O)OC(=O)C1CC(C)(C)C)C(=O)O.CC(C(N)=O)C(CC(C)(C)C1C(=O)OC(=O)C1CC(C)(C)C)C(=O)ON.[Y].[Y].[Y].[Y].[Y].[Y].[Y].[Y].[Y].[Y].[Y].[Y].[Y].[Y].[Y]. The van der Waals surface area contributed by atoms with Crippen LogP contribution in [0.25, 0.3) is 0 Å². The van der Waals surface area contributed by atoms with Gasteiger partial charge in [-0.25, -0.2) is 0 Å². The molecule has 0 aromatic heterocycles. The van der Waals surface area contributed by atoms with E-state index in [0.29, 0.717) is 12.8 Å². The van der Waals surface area contributed by atoms with Gasteiger partial charge in [0.05, 0.1) is 41.4 Å². The van der Waals surface area contributed by atoms with E-state index in [-0.39, 0.29) is 633 Å². The molecule has 2 aliphatic rings. The fourth-order valence-electron chi connectivity index (χ4n) is 7.31. The summed E-state index contributed by atoms with van der Waals surface area (Å²) in [4.78, 5) is 99.7. The van der Waals surface area contributed by atoms with E-state index >= 15 is 0 Å². The number of carbonyl (C=O) groups is 8. The number of aliphatic carboxylic acids is 2. The zero-order chi connectivity index (χ0) is 40.2. The predicted molar refractivity (Wildman–Crippen MR) is 289 cm³/mol. The molecule has 6 N–H and O–H groups in total. The summed E-state index contributed by atoms with van der Waals surface area (Å²) in [5.74, 6) is -8.12. The molecule has 2 aliphatic heterocycles. The molecule has 463 valence electrons. The Morgan fingerprint density at radius 3 is 0.817 bits per heavy atom. The Hall–Kier alpha value is 12.7. The standard InChI is InChI=1S/C18H30N2O6.C18H28O7.16CH4.15Y/c1-9(13(19)21)10(15(23)26-20)8-18(5,6)12-11(7-17(2,3)4)14(22)25-16(12)24;1-9(13(19)20)10(14(21)22)8-18(5,6)12-11(7-17(2,3)4)15(23)25-16(12)24;;;;;;;;;;;;;;;;;;;;;;;;;;;;;;;/h9-12H,7-8,20H2,1-6H3,(H2,19,21);9-12H,7-8H2,1-6H3,(H,19,20)(H,21,22);16*1H4;;;;;;;;;;;;;;;. The minimum atomic E-state index is -1.23. The summed E-state index contributed by atoms with van der Waals surface area (Å²) < 4.78 is 9.71. The number of hydrogen-bond donors (Lipinski definition) is 4. The second kappa shape index (κ2) is 95.7. The van der Waals surface area contributed by atoms with E-state index in [2.05, 4.69) is 4.84 Å². The van der Waals surface area contributed by atoms with Gasteiger partial charge in [0.2, 0.25) is 5.91 Å². The molecule has 2 fully saturated rings. The number of primary amides is 1. The van der Waals surface area contributed by atoms with Gasteiger partial charge >= 0.3 is 41.8 Å². The van der Waals surface area contributed by atoms with Gasteiger partial charge in [0, 0.05) is 497 Å². The molecular formula is C52H122N2O13Y15. The third-order valence-corrected chi connectivity index (χ3v) is 9.94. The summed E-state index contributed by atoms with van der Waals surface area (Å²) in [6.07, 6.45) is 0.950. The number of ether oxygens (including phenoxy) is 2. The summed E-state index contributed by atoms with van der Waals surface area (Å²) >= 11 is 0. The minimum Gasteiger partial charge on any atom is -0.481 e. The van der Waals surface area contributed by atoms with Crippen molar-refractivity contribution >= 4 is 47.7 Å². The van der Waals surface area contributed by atoms with Gasteiger partial charge in [0.1, 0.15) is 0 Å². The number of nitrogens with two attached hydrogens (primary N) is 2. The molecule has 8 atom stereocenters. The zero-order valence-electron chi connectivity index (χ0n) is 40.6. The average molecular weight is 2320 g/mol. The van der Waals surface area contributed by atoms with Crippen molar-refractivity contribution in [2.45, 2.75) is 228 Å². The summed E-state index contributed by atoms with van der Waals surface area (Å²) in [5.41, 5.74) is 3.20. The van der Waals surface area contributed by atoms with Crippen LogP contribution < -0.4 is 11.6 Å². The summed E-state index contributed by atoms with van der Waals surface area (Å²) in [6, 6.07) is 0. The van der Waals surface area contributed by atoms with Crippen molar-refractivity contribution in [3.05, 3.63) is 0 Å². The van der Waals surface area contributed by atoms with Crippen LogP contribution in [0.1, 0.15) is 228 Å². The van der Waals surface area contributed by atoms with E-state index in [1.54, 1.807) is 27.7 Å². The molecule has 2 saturated heterocycles. The van der Waals surface area contributed by atoms with Crippen LogP contribution in [0.2, 0.25) is 0 Å². The van der Waals surface area contributed by atoms with Crippen LogP contribution in [0.3, 0.4) is 0 Å². The monoisotopic (exact) mass is 2320 g/mol. The molecule has 15 radical (unpaired) electrons. The molecule has 0 bridgehead atoms. The third-order valence-electron chi connectivity index (χ3n) is 9.94. The molecule has 2 rings (SSSR count). The number of carboxylic acid groups (broad SMARTS) is 2. The minimum absolute atomic E-state index is 0. The van der Waals surface area contributed by atoms with Crippen LogP contribution in [0.5, 0.6) is 0 Å². The van der Waals surface area contributed by atoms with Gasteiger partial charge < -0.3 is 30.3 Å². The Balaban J connectivity index is -0.0000000159. The Kier molecular flexibility index (Phi) is 239. The number of carbonyl (C=O) groups excluding carboxylic acids is 6. The summed E-state index contributed by atoms with van der Waals surface area (Å²) in [7, 11) is 0. The van der Waals surface area contributed by atoms with E-state index in [4.69, 9.17) is 26.2 Å². The number of cyclic esters (lactones) is 4. The van der Waals surface area contributed by atoms with Crippen molar-refractivity contribution in [1.29, 1.82) is 0 Å². The number of carboxylic acids is 2. The van der Waals surface area contributed by atoms with Crippen LogP contribution >= 0.6 is 0 Å². The van der Waals surface area contributed by atoms with E-state index in [9.17, 15) is 43.5 Å². The van der Waals surface area contributed by atoms with Gasteiger partial charge in [0.25, 0.3) is 0 Å². The Morgan fingerprint density at radius 1 is 0.427 bits per heavy atom. The van der Waals surface area contributed by atoms with Gasteiger partial charge in [0.15, 0.2) is 0 Å². The topological polar surface area (TPSA) is 257 Å². The van der Waals surface area contributed by atoms with Crippen LogP contribution in [0.15, 0.2) is 0 Å². The average Bonchev–Trinajstić information content (AvgIpc) is 3.39. The molecule has 0 aromatic carbocycles. The molecule has 15 nitrogen and oxygen atoms in total. The molecule has 30 heteroatoms. The maximum atomic E-state index is 12.4. The van der Waals surface area contributed by atoms with E-state index < -0.39 is 106 Å². The largest absolute Gasteiger partial charge is 0.481 e. The van der Waals surface area contributed by atoms with Crippen LogP contribution in [0, 0.1) is 69.0 Å². The van der Waals surface area contributed by atoms with Crippen molar-refractivity contribution in [3.63, 3.8) is 0 Å². The smallest absolute Gasteiger partial charge is 0.328 e. The Labute approximate surface area is 888 Å². The first kappa shape index (κ1) is 205. The summed E-state index contributed by atoms with van der Waals surface area (Å²) in [6.45, 7) is 21.5. The quantitative estimate of drug-likeness (QED) is 0.0717. The van der Waals surface area contributed by atoms with Crippen molar-refractivity contribution in [2.24, 2.45) is 80.6 Å². The van der Waals surface area contributed by atoms with Gasteiger partial charge in [-0.15, -0.1) is 0 Å². The zero-order valence-corrected chi connectivity index (χ0v) is 83.2. The number of hydrogen-bond acceptors (Lipinski definition) is 12. The molecular weight excluding hydrogens is 2190 g/mol. The second-order valence-electron chi connectivity index (χ2n) is 17.9. The van der Waals surface area contributed by atoms with Gasteiger partial charge in [-0.2, -0.15) is 5.90 Å². The maximum Gasteiger partial charge on any atom is 0.328 e. The van der Waals surface area contributed by atoms with E-state index in [1.807, 2.05) is 41.5 Å². The Bertz CT molecular complexity index is 1430. The fraction of sp³-hybridized carbons (Fsp3) is 0.846.